The highest BCUT2D eigenvalue weighted by Crippen LogP contribution is 2.25. The van der Waals surface area contributed by atoms with Crippen LogP contribution in [0.4, 0.5) is 4.39 Å². The molecule has 0 spiro atoms. The number of hydrogen-bond acceptors (Lipinski definition) is 5. The largest absolute Gasteiger partial charge is 0.488 e. The van der Waals surface area contributed by atoms with Crippen LogP contribution in [-0.2, 0) is 0 Å². The van der Waals surface area contributed by atoms with Gasteiger partial charge in [-0.15, -0.1) is 0 Å². The summed E-state index contributed by atoms with van der Waals surface area (Å²) in [5, 5.41) is 4.22. The molecule has 0 saturated heterocycles. The number of thiocarbonyl (C=S) groups is 1. The summed E-state index contributed by atoms with van der Waals surface area (Å²) in [5.41, 5.74) is 4.40. The van der Waals surface area contributed by atoms with E-state index in [0.29, 0.717) is 35.1 Å². The Bertz CT molecular complexity index is 711. The minimum atomic E-state index is -0.445. The quantitative estimate of drug-likeness (QED) is 0.681. The maximum absolute atomic E-state index is 13.6. The lowest BCUT2D eigenvalue weighted by Gasteiger charge is -2.18. The lowest BCUT2D eigenvalue weighted by atomic mass is 10.1. The summed E-state index contributed by atoms with van der Waals surface area (Å²) >= 11 is 5.21. The van der Waals surface area contributed by atoms with Gasteiger partial charge in [-0.05, 0) is 18.2 Å². The minimum Gasteiger partial charge on any atom is -0.488 e. The van der Waals surface area contributed by atoms with E-state index >= 15 is 0 Å². The third-order valence-corrected chi connectivity index (χ3v) is 3.21. The first-order valence-electron chi connectivity index (χ1n) is 6.31. The number of hydrogen-bond donors (Lipinski definition) is 1. The fourth-order valence-corrected chi connectivity index (χ4v) is 2.08. The topological polar surface area (TPSA) is 59.4 Å². The maximum atomic E-state index is 13.6. The van der Waals surface area contributed by atoms with Crippen LogP contribution in [0, 0.1) is 5.82 Å². The SMILES string of the molecule is Fc1ccnc2c1OCC/C2=N/NC(=S)c1ccccn1.[HH]. The molecule has 0 aromatic carbocycles. The number of nitrogens with one attached hydrogen (secondary N) is 1. The summed E-state index contributed by atoms with van der Waals surface area (Å²) < 4.78 is 18.9. The average molecular weight is 304 g/mol. The standard InChI is InChI=1S/C14H11FN4OS.H2/c15-9-4-7-17-12-10(5-8-20-13(9)12)18-19-14(21)11-3-1-2-6-16-11;/h1-4,6-7H,5,8H2,(H,19,21);1H/b18-10-;. The van der Waals surface area contributed by atoms with Gasteiger partial charge in [0.15, 0.2) is 11.6 Å². The van der Waals surface area contributed by atoms with Gasteiger partial charge in [-0.3, -0.25) is 15.4 Å². The number of rotatable bonds is 2. The molecule has 5 nitrogen and oxygen atoms in total. The number of fused-ring (bicyclic) bond motifs is 1. The highest BCUT2D eigenvalue weighted by atomic mass is 32.1. The van der Waals surface area contributed by atoms with Crippen LogP contribution in [0.1, 0.15) is 19.2 Å². The normalized spacial score (nSPS) is 15.2. The summed E-state index contributed by atoms with van der Waals surface area (Å²) in [7, 11) is 0. The number of hydrazone groups is 1. The van der Waals surface area contributed by atoms with Crippen molar-refractivity contribution in [1.29, 1.82) is 0 Å². The van der Waals surface area contributed by atoms with Crippen molar-refractivity contribution in [3.8, 4) is 5.75 Å². The Labute approximate surface area is 127 Å². The van der Waals surface area contributed by atoms with Gasteiger partial charge >= 0.3 is 0 Å². The van der Waals surface area contributed by atoms with E-state index in [-0.39, 0.29) is 7.18 Å². The van der Waals surface area contributed by atoms with Crippen molar-refractivity contribution in [2.45, 2.75) is 6.42 Å². The van der Waals surface area contributed by atoms with Gasteiger partial charge in [0.1, 0.15) is 10.7 Å². The Morgan fingerprint density at radius 3 is 3.05 bits per heavy atom. The van der Waals surface area contributed by atoms with Gasteiger partial charge in [-0.2, -0.15) is 5.10 Å². The van der Waals surface area contributed by atoms with Crippen molar-refractivity contribution < 1.29 is 10.6 Å². The Balaban J connectivity index is 0.00000176. The lowest BCUT2D eigenvalue weighted by molar-refractivity contribution is 0.300. The zero-order valence-electron chi connectivity index (χ0n) is 10.9. The smallest absolute Gasteiger partial charge is 0.182 e. The minimum absolute atomic E-state index is 0. The molecular formula is C14H13FN4OS. The lowest BCUT2D eigenvalue weighted by Crippen LogP contribution is -2.24. The molecule has 0 aliphatic carbocycles. The van der Waals surface area contributed by atoms with Crippen molar-refractivity contribution in [3.05, 3.63) is 53.9 Å². The van der Waals surface area contributed by atoms with E-state index in [2.05, 4.69) is 20.5 Å². The predicted octanol–water partition coefficient (Wildman–Crippen LogP) is 2.31. The van der Waals surface area contributed by atoms with Gasteiger partial charge in [0.05, 0.1) is 18.0 Å². The van der Waals surface area contributed by atoms with E-state index < -0.39 is 5.82 Å². The van der Waals surface area contributed by atoms with Crippen LogP contribution in [0.3, 0.4) is 0 Å². The van der Waals surface area contributed by atoms with Crippen molar-refractivity contribution >= 4 is 22.9 Å². The van der Waals surface area contributed by atoms with E-state index in [1.54, 1.807) is 18.3 Å². The van der Waals surface area contributed by atoms with Gasteiger partial charge in [0, 0.05) is 20.2 Å². The molecule has 0 unspecified atom stereocenters. The van der Waals surface area contributed by atoms with Crippen LogP contribution < -0.4 is 10.2 Å². The molecule has 7 heteroatoms. The number of pyridine rings is 2. The molecule has 0 radical (unpaired) electrons. The number of nitrogens with zero attached hydrogens (tertiary/aromatic N) is 3. The van der Waals surface area contributed by atoms with Crippen molar-refractivity contribution in [2.75, 3.05) is 6.61 Å². The van der Waals surface area contributed by atoms with Crippen molar-refractivity contribution in [3.63, 3.8) is 0 Å². The van der Waals surface area contributed by atoms with Gasteiger partial charge in [0.25, 0.3) is 0 Å². The van der Waals surface area contributed by atoms with Crippen LogP contribution in [0.15, 0.2) is 41.8 Å². The number of halogens is 1. The molecule has 21 heavy (non-hydrogen) atoms. The maximum Gasteiger partial charge on any atom is 0.182 e. The fourth-order valence-electron chi connectivity index (χ4n) is 1.92. The number of ether oxygens (including phenoxy) is 1. The van der Waals surface area contributed by atoms with Gasteiger partial charge < -0.3 is 4.74 Å². The van der Waals surface area contributed by atoms with E-state index in [1.807, 2.05) is 6.07 Å². The molecule has 2 aromatic heterocycles. The summed E-state index contributed by atoms with van der Waals surface area (Å²) in [6, 6.07) is 6.68. The van der Waals surface area contributed by atoms with Crippen molar-refractivity contribution in [1.82, 2.24) is 15.4 Å². The molecule has 3 rings (SSSR count). The van der Waals surface area contributed by atoms with Gasteiger partial charge in [-0.1, -0.05) is 18.3 Å². The fraction of sp³-hybridized carbons (Fsp3) is 0.143. The second kappa shape index (κ2) is 5.92. The van der Waals surface area contributed by atoms with E-state index in [1.165, 1.54) is 12.3 Å². The van der Waals surface area contributed by atoms with Crippen LogP contribution in [0.2, 0.25) is 0 Å². The zero-order valence-corrected chi connectivity index (χ0v) is 11.7. The zero-order chi connectivity index (χ0) is 14.7. The molecule has 2 aromatic rings. The molecule has 0 amide bonds. The monoisotopic (exact) mass is 304 g/mol. The van der Waals surface area contributed by atoms with E-state index in [9.17, 15) is 4.39 Å². The van der Waals surface area contributed by atoms with Crippen molar-refractivity contribution in [2.24, 2.45) is 5.10 Å². The molecule has 0 bridgehead atoms. The molecule has 1 aliphatic heterocycles. The average Bonchev–Trinajstić information content (AvgIpc) is 2.54. The molecule has 1 N–H and O–H groups in total. The molecular weight excluding hydrogens is 291 g/mol. The Kier molecular flexibility index (Phi) is 3.83. The molecule has 1 aliphatic rings. The van der Waals surface area contributed by atoms with Gasteiger partial charge in [0.2, 0.25) is 0 Å². The third-order valence-electron chi connectivity index (χ3n) is 2.91. The summed E-state index contributed by atoms with van der Waals surface area (Å²) in [6.07, 6.45) is 3.56. The van der Waals surface area contributed by atoms with Crippen LogP contribution >= 0.6 is 12.2 Å². The first kappa shape index (κ1) is 13.6. The van der Waals surface area contributed by atoms with E-state index in [0.717, 1.165) is 0 Å². The third kappa shape index (κ3) is 2.87. The highest BCUT2D eigenvalue weighted by Gasteiger charge is 2.21. The highest BCUT2D eigenvalue weighted by molar-refractivity contribution is 7.80. The van der Waals surface area contributed by atoms with Gasteiger partial charge in [-0.25, -0.2) is 4.39 Å². The molecule has 108 valence electrons. The Morgan fingerprint density at radius 1 is 1.33 bits per heavy atom. The second-order valence-corrected chi connectivity index (χ2v) is 4.69. The Hall–Kier alpha value is -2.41. The summed E-state index contributed by atoms with van der Waals surface area (Å²) in [5.74, 6) is -0.312. The van der Waals surface area contributed by atoms with Crippen LogP contribution in [0.25, 0.3) is 0 Å². The summed E-state index contributed by atoms with van der Waals surface area (Å²) in [4.78, 5) is 8.64. The Morgan fingerprint density at radius 2 is 2.24 bits per heavy atom. The van der Waals surface area contributed by atoms with E-state index in [4.69, 9.17) is 17.0 Å². The summed E-state index contributed by atoms with van der Waals surface area (Å²) in [6.45, 7) is 0.354. The first-order valence-corrected chi connectivity index (χ1v) is 6.72. The second-order valence-electron chi connectivity index (χ2n) is 4.28. The predicted molar refractivity (Wildman–Crippen MR) is 82.0 cm³/mol. The first-order chi connectivity index (χ1) is 10.3. The van der Waals surface area contributed by atoms with Crippen LogP contribution in [-0.4, -0.2) is 27.3 Å². The number of aromatic nitrogens is 2. The molecule has 0 atom stereocenters. The molecule has 3 heterocycles. The van der Waals surface area contributed by atoms with Crippen LogP contribution in [0.5, 0.6) is 5.75 Å². The molecule has 0 fully saturated rings. The molecule has 0 saturated carbocycles.